The van der Waals surface area contributed by atoms with Gasteiger partial charge in [-0.25, -0.2) is 13.2 Å². The summed E-state index contributed by atoms with van der Waals surface area (Å²) in [7, 11) is 0. The lowest BCUT2D eigenvalue weighted by Gasteiger charge is -2.30. The van der Waals surface area contributed by atoms with E-state index in [1.54, 1.807) is 6.20 Å². The van der Waals surface area contributed by atoms with E-state index in [-0.39, 0.29) is 23.4 Å². The van der Waals surface area contributed by atoms with Gasteiger partial charge < -0.3 is 20.8 Å². The fourth-order valence-corrected chi connectivity index (χ4v) is 4.25. The number of aromatic nitrogens is 1. The number of carbonyl (C=O) groups excluding carboxylic acids is 1. The second-order valence-electron chi connectivity index (χ2n) is 8.06. The monoisotopic (exact) mass is 431 g/mol. The number of ether oxygens (including phenoxy) is 1. The van der Waals surface area contributed by atoms with E-state index in [0.29, 0.717) is 35.9 Å². The Bertz CT molecular complexity index is 1130. The molecule has 2 aromatic carbocycles. The van der Waals surface area contributed by atoms with Crippen LogP contribution in [0.4, 0.5) is 13.2 Å². The Labute approximate surface area is 177 Å². The molecule has 4 N–H and O–H groups in total. The number of carbonyl (C=O) groups is 1. The van der Waals surface area contributed by atoms with Gasteiger partial charge in [0.15, 0.2) is 0 Å². The van der Waals surface area contributed by atoms with E-state index in [4.69, 9.17) is 10.5 Å². The average Bonchev–Trinajstić information content (AvgIpc) is 3.11. The van der Waals surface area contributed by atoms with Gasteiger partial charge in [-0.1, -0.05) is 0 Å². The minimum Gasteiger partial charge on any atom is -0.491 e. The highest BCUT2D eigenvalue weighted by atomic mass is 19.1. The fourth-order valence-electron chi connectivity index (χ4n) is 4.25. The van der Waals surface area contributed by atoms with E-state index >= 15 is 0 Å². The van der Waals surface area contributed by atoms with Crippen LogP contribution in [0.2, 0.25) is 0 Å². The van der Waals surface area contributed by atoms with E-state index < -0.39 is 23.4 Å². The Morgan fingerprint density at radius 2 is 2.10 bits per heavy atom. The Balaban J connectivity index is 1.34. The van der Waals surface area contributed by atoms with Crippen LogP contribution in [0.3, 0.4) is 0 Å². The summed E-state index contributed by atoms with van der Waals surface area (Å²) in [5, 5.41) is 4.00. The molecule has 4 rings (SSSR count). The van der Waals surface area contributed by atoms with Crippen LogP contribution in [0.15, 0.2) is 30.5 Å². The lowest BCUT2D eigenvalue weighted by Crippen LogP contribution is -2.44. The molecule has 5 nitrogen and oxygen atoms in total. The number of primary amides is 1. The van der Waals surface area contributed by atoms with E-state index in [0.717, 1.165) is 24.5 Å². The Kier molecular flexibility index (Phi) is 5.91. The third-order valence-corrected chi connectivity index (χ3v) is 5.74. The predicted octanol–water partition coefficient (Wildman–Crippen LogP) is 3.99. The SMILES string of the molecule is CC(CCCc1c[nH]c2c(F)cc(F)cc12)NC1COc2c(C(N)=O)ccc(F)c2C1. The van der Waals surface area contributed by atoms with Crippen LogP contribution in [0.1, 0.15) is 41.3 Å². The highest BCUT2D eigenvalue weighted by Crippen LogP contribution is 2.31. The molecule has 0 saturated heterocycles. The standard InChI is InChI=1S/C23H24F3N3O2/c1-12(3-2-4-13-10-28-21-17(13)7-14(24)8-20(21)26)29-15-9-18-19(25)6-5-16(23(27)30)22(18)31-11-15/h5-8,10,12,15,28-29H,2-4,9,11H2,1H3,(H2,27,30). The summed E-state index contributed by atoms with van der Waals surface area (Å²) in [5.41, 5.74) is 7.08. The number of halogens is 3. The first-order valence-electron chi connectivity index (χ1n) is 10.3. The van der Waals surface area contributed by atoms with Crippen LogP contribution < -0.4 is 15.8 Å². The second kappa shape index (κ2) is 8.63. The first-order valence-corrected chi connectivity index (χ1v) is 10.3. The second-order valence-corrected chi connectivity index (χ2v) is 8.06. The number of H-pyrrole nitrogens is 1. The summed E-state index contributed by atoms with van der Waals surface area (Å²) in [6.45, 7) is 2.34. The van der Waals surface area contributed by atoms with Crippen molar-refractivity contribution in [2.24, 2.45) is 5.73 Å². The zero-order chi connectivity index (χ0) is 22.1. The van der Waals surface area contributed by atoms with Crippen molar-refractivity contribution in [3.63, 3.8) is 0 Å². The summed E-state index contributed by atoms with van der Waals surface area (Å²) in [6, 6.07) is 4.81. The third kappa shape index (κ3) is 4.39. The maximum absolute atomic E-state index is 14.3. The van der Waals surface area contributed by atoms with Crippen LogP contribution in [-0.4, -0.2) is 29.6 Å². The number of hydrogen-bond acceptors (Lipinski definition) is 3. The minimum absolute atomic E-state index is 0.101. The van der Waals surface area contributed by atoms with Gasteiger partial charge in [0.05, 0.1) is 11.1 Å². The lowest BCUT2D eigenvalue weighted by molar-refractivity contribution is 0.0993. The normalized spacial score (nSPS) is 16.7. The number of nitrogens with two attached hydrogens (primary N) is 1. The molecule has 1 amide bonds. The van der Waals surface area contributed by atoms with E-state index in [1.165, 1.54) is 18.2 Å². The molecule has 0 fully saturated rings. The summed E-state index contributed by atoms with van der Waals surface area (Å²) < 4.78 is 47.3. The Morgan fingerprint density at radius 1 is 1.29 bits per heavy atom. The molecule has 2 unspecified atom stereocenters. The van der Waals surface area contributed by atoms with E-state index in [9.17, 15) is 18.0 Å². The Morgan fingerprint density at radius 3 is 2.87 bits per heavy atom. The molecule has 1 aromatic heterocycles. The molecule has 31 heavy (non-hydrogen) atoms. The predicted molar refractivity (Wildman–Crippen MR) is 112 cm³/mol. The van der Waals surface area contributed by atoms with Gasteiger partial charge in [0, 0.05) is 35.3 Å². The maximum atomic E-state index is 14.3. The van der Waals surface area contributed by atoms with Crippen molar-refractivity contribution in [2.45, 2.75) is 44.7 Å². The Hall–Kier alpha value is -3.00. The number of fused-ring (bicyclic) bond motifs is 2. The number of aryl methyl sites for hydroxylation is 1. The molecule has 3 aromatic rings. The highest BCUT2D eigenvalue weighted by molar-refractivity contribution is 5.96. The molecule has 0 aliphatic carbocycles. The zero-order valence-corrected chi connectivity index (χ0v) is 17.1. The first kappa shape index (κ1) is 21.2. The van der Waals surface area contributed by atoms with Gasteiger partial charge in [0.2, 0.25) is 0 Å². The summed E-state index contributed by atoms with van der Waals surface area (Å²) >= 11 is 0. The summed E-state index contributed by atoms with van der Waals surface area (Å²) in [4.78, 5) is 14.4. The topological polar surface area (TPSA) is 80.1 Å². The lowest BCUT2D eigenvalue weighted by atomic mass is 9.97. The molecule has 0 spiro atoms. The molecule has 2 atom stereocenters. The van der Waals surface area contributed by atoms with Crippen LogP contribution in [0.25, 0.3) is 10.9 Å². The van der Waals surface area contributed by atoms with Gasteiger partial charge in [-0.2, -0.15) is 0 Å². The number of benzene rings is 2. The zero-order valence-electron chi connectivity index (χ0n) is 17.1. The van der Waals surface area contributed by atoms with Crippen LogP contribution in [0, 0.1) is 17.5 Å². The number of hydrogen-bond donors (Lipinski definition) is 3. The number of aromatic amines is 1. The molecule has 1 aliphatic heterocycles. The van der Waals surface area contributed by atoms with E-state index in [2.05, 4.69) is 10.3 Å². The van der Waals surface area contributed by atoms with E-state index in [1.807, 2.05) is 6.92 Å². The maximum Gasteiger partial charge on any atom is 0.252 e. The first-order chi connectivity index (χ1) is 14.8. The van der Waals surface area contributed by atoms with Gasteiger partial charge in [0.1, 0.15) is 29.8 Å². The van der Waals surface area contributed by atoms with Crippen LogP contribution >= 0.6 is 0 Å². The van der Waals surface area contributed by atoms with Crippen molar-refractivity contribution in [2.75, 3.05) is 6.61 Å². The van der Waals surface area contributed by atoms with Crippen molar-refractivity contribution in [1.29, 1.82) is 0 Å². The third-order valence-electron chi connectivity index (χ3n) is 5.74. The molecular formula is C23H24F3N3O2. The van der Waals surface area contributed by atoms with Gasteiger partial charge in [-0.15, -0.1) is 0 Å². The van der Waals surface area contributed by atoms with Crippen molar-refractivity contribution in [3.8, 4) is 5.75 Å². The average molecular weight is 431 g/mol. The summed E-state index contributed by atoms with van der Waals surface area (Å²) in [6.07, 6.45) is 4.42. The molecule has 0 radical (unpaired) electrons. The minimum atomic E-state index is -0.645. The molecule has 0 bridgehead atoms. The van der Waals surface area contributed by atoms with Gasteiger partial charge >= 0.3 is 0 Å². The van der Waals surface area contributed by atoms with Crippen LogP contribution in [0.5, 0.6) is 5.75 Å². The molecular weight excluding hydrogens is 407 g/mol. The largest absolute Gasteiger partial charge is 0.491 e. The summed E-state index contributed by atoms with van der Waals surface area (Å²) in [5.74, 6) is -2.02. The fraction of sp³-hybridized carbons (Fsp3) is 0.348. The van der Waals surface area contributed by atoms with Crippen molar-refractivity contribution < 1.29 is 22.7 Å². The number of amides is 1. The molecule has 2 heterocycles. The molecule has 0 saturated carbocycles. The van der Waals surface area contributed by atoms with Gasteiger partial charge in [-0.05, 0) is 56.4 Å². The smallest absolute Gasteiger partial charge is 0.252 e. The van der Waals surface area contributed by atoms with Gasteiger partial charge in [-0.3, -0.25) is 4.79 Å². The van der Waals surface area contributed by atoms with Crippen molar-refractivity contribution in [3.05, 3.63) is 64.6 Å². The molecule has 164 valence electrons. The quantitative estimate of drug-likeness (QED) is 0.529. The number of nitrogens with one attached hydrogen (secondary N) is 2. The van der Waals surface area contributed by atoms with Crippen molar-refractivity contribution >= 4 is 16.8 Å². The molecule has 1 aliphatic rings. The van der Waals surface area contributed by atoms with Crippen molar-refractivity contribution in [1.82, 2.24) is 10.3 Å². The highest BCUT2D eigenvalue weighted by Gasteiger charge is 2.27. The van der Waals surface area contributed by atoms with Crippen LogP contribution in [-0.2, 0) is 12.8 Å². The number of rotatable bonds is 7. The molecule has 8 heteroatoms. The van der Waals surface area contributed by atoms with Gasteiger partial charge in [0.25, 0.3) is 5.91 Å².